The van der Waals surface area contributed by atoms with Crippen LogP contribution < -0.4 is 0 Å². The summed E-state index contributed by atoms with van der Waals surface area (Å²) < 4.78 is 0. The maximum Gasteiger partial charge on any atom is 0.115 e. The topological polar surface area (TPSA) is 20.2 Å². The van der Waals surface area contributed by atoms with Crippen LogP contribution in [-0.2, 0) is 5.41 Å². The SMILES string of the molecule is CC1CC(C)(C)c2ccc(O)cc21. The van der Waals surface area contributed by atoms with E-state index in [1.54, 1.807) is 6.07 Å². The minimum absolute atomic E-state index is 0.280. The van der Waals surface area contributed by atoms with E-state index in [2.05, 4.69) is 26.8 Å². The Balaban J connectivity index is 2.59. The highest BCUT2D eigenvalue weighted by molar-refractivity contribution is 5.45. The maximum absolute atomic E-state index is 9.38. The van der Waals surface area contributed by atoms with Gasteiger partial charge in [0.2, 0.25) is 0 Å². The Kier molecular flexibility index (Phi) is 1.66. The zero-order valence-corrected chi connectivity index (χ0v) is 8.46. The van der Waals surface area contributed by atoms with Crippen LogP contribution in [0.3, 0.4) is 0 Å². The third-order valence-corrected chi connectivity index (χ3v) is 3.11. The van der Waals surface area contributed by atoms with Crippen molar-refractivity contribution in [3.05, 3.63) is 29.3 Å². The number of benzene rings is 1. The van der Waals surface area contributed by atoms with Crippen LogP contribution in [0.15, 0.2) is 18.2 Å². The van der Waals surface area contributed by atoms with Crippen molar-refractivity contribution in [2.75, 3.05) is 0 Å². The molecule has 1 aliphatic rings. The number of hydrogen-bond donors (Lipinski definition) is 1. The van der Waals surface area contributed by atoms with Gasteiger partial charge in [0.1, 0.15) is 5.75 Å². The highest BCUT2D eigenvalue weighted by atomic mass is 16.3. The quantitative estimate of drug-likeness (QED) is 0.643. The Morgan fingerprint density at radius 3 is 2.77 bits per heavy atom. The molecule has 0 fully saturated rings. The van der Waals surface area contributed by atoms with Gasteiger partial charge in [-0.3, -0.25) is 0 Å². The summed E-state index contributed by atoms with van der Waals surface area (Å²) in [5.74, 6) is 0.973. The van der Waals surface area contributed by atoms with Crippen LogP contribution in [0.5, 0.6) is 5.75 Å². The van der Waals surface area contributed by atoms with Gasteiger partial charge < -0.3 is 5.11 Å². The van der Waals surface area contributed by atoms with E-state index in [1.165, 1.54) is 17.5 Å². The van der Waals surface area contributed by atoms with E-state index in [0.29, 0.717) is 11.7 Å². The first kappa shape index (κ1) is 8.61. The molecule has 1 atom stereocenters. The fraction of sp³-hybridized carbons (Fsp3) is 0.500. The Morgan fingerprint density at radius 1 is 1.38 bits per heavy atom. The number of aromatic hydroxyl groups is 1. The highest BCUT2D eigenvalue weighted by Gasteiger charge is 2.34. The number of hydrogen-bond acceptors (Lipinski definition) is 1. The van der Waals surface area contributed by atoms with Gasteiger partial charge in [0.25, 0.3) is 0 Å². The molecule has 0 spiro atoms. The average Bonchev–Trinajstić information content (AvgIpc) is 2.22. The van der Waals surface area contributed by atoms with Crippen molar-refractivity contribution in [1.82, 2.24) is 0 Å². The third-order valence-electron chi connectivity index (χ3n) is 3.11. The van der Waals surface area contributed by atoms with Gasteiger partial charge in [-0.1, -0.05) is 26.8 Å². The van der Waals surface area contributed by atoms with Gasteiger partial charge in [-0.05, 0) is 41.0 Å². The first-order valence-corrected chi connectivity index (χ1v) is 4.84. The summed E-state index contributed by atoms with van der Waals surface area (Å²) in [7, 11) is 0. The van der Waals surface area contributed by atoms with Crippen molar-refractivity contribution < 1.29 is 5.11 Å². The fourth-order valence-electron chi connectivity index (χ4n) is 2.56. The summed E-state index contributed by atoms with van der Waals surface area (Å²) in [6.07, 6.45) is 1.19. The van der Waals surface area contributed by atoms with E-state index in [-0.39, 0.29) is 5.41 Å². The number of phenolic OH excluding ortho intramolecular Hbond substituents is 1. The summed E-state index contributed by atoms with van der Waals surface area (Å²) >= 11 is 0. The lowest BCUT2D eigenvalue weighted by atomic mass is 9.86. The molecular formula is C12H16O. The zero-order chi connectivity index (χ0) is 9.64. The van der Waals surface area contributed by atoms with Gasteiger partial charge in [0, 0.05) is 0 Å². The summed E-state index contributed by atoms with van der Waals surface area (Å²) in [6.45, 7) is 6.77. The Bertz CT molecular complexity index is 339. The molecule has 0 aromatic heterocycles. The van der Waals surface area contributed by atoms with E-state index >= 15 is 0 Å². The van der Waals surface area contributed by atoms with Crippen LogP contribution >= 0.6 is 0 Å². The first-order chi connectivity index (χ1) is 6.00. The molecule has 0 amide bonds. The first-order valence-electron chi connectivity index (χ1n) is 4.84. The van der Waals surface area contributed by atoms with Gasteiger partial charge in [-0.15, -0.1) is 0 Å². The van der Waals surface area contributed by atoms with E-state index in [9.17, 15) is 5.11 Å². The molecule has 70 valence electrons. The molecule has 1 aromatic rings. The molecule has 0 saturated heterocycles. The molecule has 0 radical (unpaired) electrons. The second-order valence-electron chi connectivity index (χ2n) is 4.76. The Labute approximate surface area is 79.4 Å². The van der Waals surface area contributed by atoms with Crippen molar-refractivity contribution in [2.24, 2.45) is 0 Å². The minimum atomic E-state index is 0.280. The van der Waals surface area contributed by atoms with E-state index in [0.717, 1.165) is 0 Å². The molecule has 1 heteroatoms. The smallest absolute Gasteiger partial charge is 0.115 e. The molecule has 1 aliphatic carbocycles. The number of fused-ring (bicyclic) bond motifs is 1. The number of rotatable bonds is 0. The summed E-state index contributed by atoms with van der Waals surface area (Å²) in [6, 6.07) is 5.77. The lowest BCUT2D eigenvalue weighted by Crippen LogP contribution is -2.11. The second kappa shape index (κ2) is 2.50. The van der Waals surface area contributed by atoms with Gasteiger partial charge in [0.15, 0.2) is 0 Å². The fourth-order valence-corrected chi connectivity index (χ4v) is 2.56. The largest absolute Gasteiger partial charge is 0.508 e. The van der Waals surface area contributed by atoms with Crippen LogP contribution in [0, 0.1) is 0 Å². The third kappa shape index (κ3) is 1.23. The van der Waals surface area contributed by atoms with Gasteiger partial charge in [-0.2, -0.15) is 0 Å². The molecular weight excluding hydrogens is 160 g/mol. The minimum Gasteiger partial charge on any atom is -0.508 e. The predicted molar refractivity (Wildman–Crippen MR) is 54.2 cm³/mol. The van der Waals surface area contributed by atoms with Crippen molar-refractivity contribution in [1.29, 1.82) is 0 Å². The number of phenols is 1. The molecule has 13 heavy (non-hydrogen) atoms. The van der Waals surface area contributed by atoms with Gasteiger partial charge in [0.05, 0.1) is 0 Å². The molecule has 0 saturated carbocycles. The predicted octanol–water partition coefficient (Wildman–Crippen LogP) is 3.18. The van der Waals surface area contributed by atoms with Crippen LogP contribution in [0.1, 0.15) is 44.2 Å². The summed E-state index contributed by atoms with van der Waals surface area (Å²) in [5.41, 5.74) is 3.01. The molecule has 1 N–H and O–H groups in total. The van der Waals surface area contributed by atoms with Crippen molar-refractivity contribution in [3.8, 4) is 5.75 Å². The molecule has 2 rings (SSSR count). The maximum atomic E-state index is 9.38. The molecule has 0 bridgehead atoms. The van der Waals surface area contributed by atoms with E-state index in [1.807, 2.05) is 6.07 Å². The molecule has 1 nitrogen and oxygen atoms in total. The second-order valence-corrected chi connectivity index (χ2v) is 4.76. The molecule has 0 heterocycles. The van der Waals surface area contributed by atoms with E-state index in [4.69, 9.17) is 0 Å². The average molecular weight is 176 g/mol. The van der Waals surface area contributed by atoms with Crippen LogP contribution in [0.4, 0.5) is 0 Å². The lowest BCUT2D eigenvalue weighted by Gasteiger charge is -2.18. The molecule has 1 unspecified atom stereocenters. The van der Waals surface area contributed by atoms with Gasteiger partial charge >= 0.3 is 0 Å². The van der Waals surface area contributed by atoms with Gasteiger partial charge in [-0.25, -0.2) is 0 Å². The summed E-state index contributed by atoms with van der Waals surface area (Å²) in [4.78, 5) is 0. The van der Waals surface area contributed by atoms with Crippen LogP contribution in [-0.4, -0.2) is 5.11 Å². The molecule has 1 aromatic carbocycles. The standard InChI is InChI=1S/C12H16O/c1-8-7-12(2,3)11-5-4-9(13)6-10(8)11/h4-6,8,13H,7H2,1-3H3. The lowest BCUT2D eigenvalue weighted by molar-refractivity contribution is 0.474. The monoisotopic (exact) mass is 176 g/mol. The van der Waals surface area contributed by atoms with Crippen molar-refractivity contribution >= 4 is 0 Å². The Hall–Kier alpha value is -0.980. The zero-order valence-electron chi connectivity index (χ0n) is 8.46. The molecule has 0 aliphatic heterocycles. The van der Waals surface area contributed by atoms with Crippen LogP contribution in [0.2, 0.25) is 0 Å². The van der Waals surface area contributed by atoms with Crippen LogP contribution in [0.25, 0.3) is 0 Å². The Morgan fingerprint density at radius 2 is 2.08 bits per heavy atom. The van der Waals surface area contributed by atoms with Crippen molar-refractivity contribution in [3.63, 3.8) is 0 Å². The summed E-state index contributed by atoms with van der Waals surface area (Å²) in [5, 5.41) is 9.38. The highest BCUT2D eigenvalue weighted by Crippen LogP contribution is 2.46. The van der Waals surface area contributed by atoms with Crippen molar-refractivity contribution in [2.45, 2.75) is 38.5 Å². The van der Waals surface area contributed by atoms with E-state index < -0.39 is 0 Å². The normalized spacial score (nSPS) is 24.4.